The Bertz CT molecular complexity index is 468. The number of amides is 1. The monoisotopic (exact) mass is 309 g/mol. The van der Waals surface area contributed by atoms with Crippen molar-refractivity contribution >= 4 is 27.5 Å². The highest BCUT2D eigenvalue weighted by Crippen LogP contribution is 2.23. The van der Waals surface area contributed by atoms with Crippen LogP contribution in [0.3, 0.4) is 0 Å². The normalized spacial score (nSPS) is 9.83. The zero-order valence-corrected chi connectivity index (χ0v) is 11.9. The van der Waals surface area contributed by atoms with Crippen LogP contribution in [0.5, 0.6) is 0 Å². The molecule has 0 atom stereocenters. The summed E-state index contributed by atoms with van der Waals surface area (Å²) in [6.07, 6.45) is 2.01. The van der Waals surface area contributed by atoms with E-state index in [2.05, 4.69) is 28.9 Å². The standard InChI is InChI=1S/C13H16BrN3O/c1-2-3-4-17(9-13(16)18)12-6-10(8-15)5-11(14)7-12/h5-7H,2-4,9H2,1H3,(H2,16,18). The lowest BCUT2D eigenvalue weighted by molar-refractivity contribution is -0.116. The van der Waals surface area contributed by atoms with Gasteiger partial charge in [-0.25, -0.2) is 0 Å². The van der Waals surface area contributed by atoms with Crippen molar-refractivity contribution in [1.29, 1.82) is 5.26 Å². The molecule has 4 nitrogen and oxygen atoms in total. The zero-order chi connectivity index (χ0) is 13.5. The zero-order valence-electron chi connectivity index (χ0n) is 10.3. The van der Waals surface area contributed by atoms with E-state index < -0.39 is 0 Å². The number of halogens is 1. The summed E-state index contributed by atoms with van der Waals surface area (Å²) >= 11 is 3.36. The Morgan fingerprint density at radius 1 is 1.50 bits per heavy atom. The summed E-state index contributed by atoms with van der Waals surface area (Å²) in [6.45, 7) is 3.01. The molecule has 0 fully saturated rings. The van der Waals surface area contributed by atoms with Crippen LogP contribution < -0.4 is 10.6 Å². The molecule has 0 spiro atoms. The topological polar surface area (TPSA) is 70.1 Å². The smallest absolute Gasteiger partial charge is 0.236 e. The molecule has 5 heteroatoms. The number of nitrogens with two attached hydrogens (primary N) is 1. The molecule has 0 saturated heterocycles. The summed E-state index contributed by atoms with van der Waals surface area (Å²) in [7, 11) is 0. The molecule has 1 rings (SSSR count). The molecule has 0 aromatic heterocycles. The average Bonchev–Trinajstić information content (AvgIpc) is 2.33. The molecule has 0 unspecified atom stereocenters. The van der Waals surface area contributed by atoms with Crippen LogP contribution >= 0.6 is 15.9 Å². The molecular formula is C13H16BrN3O. The molecule has 18 heavy (non-hydrogen) atoms. The predicted molar refractivity (Wildman–Crippen MR) is 75.2 cm³/mol. The van der Waals surface area contributed by atoms with Crippen molar-refractivity contribution in [2.45, 2.75) is 19.8 Å². The molecule has 1 aromatic carbocycles. The summed E-state index contributed by atoms with van der Waals surface area (Å²) in [5, 5.41) is 8.95. The van der Waals surface area contributed by atoms with E-state index in [0.29, 0.717) is 5.56 Å². The van der Waals surface area contributed by atoms with Crippen molar-refractivity contribution in [3.8, 4) is 6.07 Å². The van der Waals surface area contributed by atoms with Crippen LogP contribution in [0, 0.1) is 11.3 Å². The summed E-state index contributed by atoms with van der Waals surface area (Å²) in [6, 6.07) is 7.50. The molecule has 96 valence electrons. The third kappa shape index (κ3) is 4.38. The second-order valence-corrected chi connectivity index (χ2v) is 4.97. The third-order valence-corrected chi connectivity index (χ3v) is 2.96. The number of rotatable bonds is 6. The van der Waals surface area contributed by atoms with Gasteiger partial charge in [-0.05, 0) is 24.6 Å². The minimum atomic E-state index is -0.371. The first kappa shape index (κ1) is 14.5. The largest absolute Gasteiger partial charge is 0.368 e. The molecule has 0 saturated carbocycles. The van der Waals surface area contributed by atoms with Gasteiger partial charge >= 0.3 is 0 Å². The van der Waals surface area contributed by atoms with E-state index in [4.69, 9.17) is 11.0 Å². The first-order valence-electron chi connectivity index (χ1n) is 5.80. The van der Waals surface area contributed by atoms with Gasteiger partial charge < -0.3 is 10.6 Å². The minimum Gasteiger partial charge on any atom is -0.368 e. The predicted octanol–water partition coefficient (Wildman–Crippen LogP) is 2.41. The van der Waals surface area contributed by atoms with Crippen LogP contribution in [-0.2, 0) is 4.79 Å². The molecule has 0 aliphatic rings. The number of hydrogen-bond acceptors (Lipinski definition) is 3. The van der Waals surface area contributed by atoms with Crippen molar-refractivity contribution in [1.82, 2.24) is 0 Å². The van der Waals surface area contributed by atoms with Gasteiger partial charge in [0.15, 0.2) is 0 Å². The molecule has 0 heterocycles. The maximum Gasteiger partial charge on any atom is 0.236 e. The number of primary amides is 1. The second kappa shape index (κ2) is 7.02. The molecule has 2 N–H and O–H groups in total. The van der Waals surface area contributed by atoms with Crippen molar-refractivity contribution < 1.29 is 4.79 Å². The van der Waals surface area contributed by atoms with Crippen molar-refractivity contribution in [2.75, 3.05) is 18.0 Å². The van der Waals surface area contributed by atoms with E-state index in [9.17, 15) is 4.79 Å². The lowest BCUT2D eigenvalue weighted by Crippen LogP contribution is -2.34. The van der Waals surface area contributed by atoms with E-state index in [0.717, 1.165) is 29.5 Å². The number of nitriles is 1. The van der Waals surface area contributed by atoms with Crippen LogP contribution in [0.15, 0.2) is 22.7 Å². The Balaban J connectivity index is 2.99. The van der Waals surface area contributed by atoms with Crippen LogP contribution in [0.25, 0.3) is 0 Å². The second-order valence-electron chi connectivity index (χ2n) is 4.05. The lowest BCUT2D eigenvalue weighted by atomic mass is 10.2. The van der Waals surface area contributed by atoms with Crippen molar-refractivity contribution in [2.24, 2.45) is 5.73 Å². The average molecular weight is 310 g/mol. The Hall–Kier alpha value is -1.54. The maximum atomic E-state index is 11.1. The number of hydrogen-bond donors (Lipinski definition) is 1. The molecule has 1 amide bonds. The fourth-order valence-electron chi connectivity index (χ4n) is 1.66. The molecule has 0 bridgehead atoms. The molecule has 0 aliphatic heterocycles. The van der Waals surface area contributed by atoms with Gasteiger partial charge in [0.1, 0.15) is 0 Å². The highest BCUT2D eigenvalue weighted by Gasteiger charge is 2.10. The number of carbonyl (C=O) groups excluding carboxylic acids is 1. The van der Waals surface area contributed by atoms with Crippen LogP contribution in [0.2, 0.25) is 0 Å². The van der Waals surface area contributed by atoms with Crippen LogP contribution in [-0.4, -0.2) is 19.0 Å². The molecule has 0 aliphatic carbocycles. The number of benzene rings is 1. The van der Waals surface area contributed by atoms with E-state index in [1.54, 1.807) is 12.1 Å². The van der Waals surface area contributed by atoms with Crippen molar-refractivity contribution in [3.05, 3.63) is 28.2 Å². The Morgan fingerprint density at radius 2 is 2.22 bits per heavy atom. The van der Waals surface area contributed by atoms with Gasteiger partial charge in [-0.3, -0.25) is 4.79 Å². The Labute approximate surface area is 116 Å². The molecular weight excluding hydrogens is 294 g/mol. The van der Waals surface area contributed by atoms with E-state index in [1.807, 2.05) is 11.0 Å². The van der Waals surface area contributed by atoms with Crippen molar-refractivity contribution in [3.63, 3.8) is 0 Å². The van der Waals surface area contributed by atoms with Gasteiger partial charge in [-0.15, -0.1) is 0 Å². The first-order chi connectivity index (χ1) is 8.56. The number of carbonyl (C=O) groups is 1. The SMILES string of the molecule is CCCCN(CC(N)=O)c1cc(Br)cc(C#N)c1. The summed E-state index contributed by atoms with van der Waals surface area (Å²) in [4.78, 5) is 13.0. The fourth-order valence-corrected chi connectivity index (χ4v) is 2.14. The quantitative estimate of drug-likeness (QED) is 0.877. The van der Waals surface area contributed by atoms with E-state index in [1.165, 1.54) is 0 Å². The number of unbranched alkanes of at least 4 members (excludes halogenated alkanes) is 1. The van der Waals surface area contributed by atoms with E-state index in [-0.39, 0.29) is 12.5 Å². The molecule has 0 radical (unpaired) electrons. The summed E-state index contributed by atoms with van der Waals surface area (Å²) < 4.78 is 0.822. The number of nitrogens with zero attached hydrogens (tertiary/aromatic N) is 2. The maximum absolute atomic E-state index is 11.1. The van der Waals surface area contributed by atoms with Gasteiger partial charge in [0.2, 0.25) is 5.91 Å². The summed E-state index contributed by atoms with van der Waals surface area (Å²) in [5.41, 5.74) is 6.66. The lowest BCUT2D eigenvalue weighted by Gasteiger charge is -2.23. The highest BCUT2D eigenvalue weighted by molar-refractivity contribution is 9.10. The van der Waals surface area contributed by atoms with Crippen LogP contribution in [0.1, 0.15) is 25.3 Å². The Morgan fingerprint density at radius 3 is 2.78 bits per heavy atom. The summed E-state index contributed by atoms with van der Waals surface area (Å²) in [5.74, 6) is -0.371. The number of anilines is 1. The molecule has 1 aromatic rings. The van der Waals surface area contributed by atoms with Gasteiger partial charge in [0.25, 0.3) is 0 Å². The van der Waals surface area contributed by atoms with E-state index >= 15 is 0 Å². The Kier molecular flexibility index (Phi) is 5.66. The minimum absolute atomic E-state index is 0.168. The third-order valence-electron chi connectivity index (χ3n) is 2.51. The van der Waals surface area contributed by atoms with Gasteiger partial charge in [-0.2, -0.15) is 5.26 Å². The van der Waals surface area contributed by atoms with Crippen LogP contribution in [0.4, 0.5) is 5.69 Å². The highest BCUT2D eigenvalue weighted by atomic mass is 79.9. The van der Waals surface area contributed by atoms with Gasteiger partial charge in [-0.1, -0.05) is 29.3 Å². The van der Waals surface area contributed by atoms with Gasteiger partial charge in [0, 0.05) is 16.7 Å². The van der Waals surface area contributed by atoms with Gasteiger partial charge in [0.05, 0.1) is 18.2 Å². The first-order valence-corrected chi connectivity index (χ1v) is 6.60. The fraction of sp³-hybridized carbons (Fsp3) is 0.385.